The van der Waals surface area contributed by atoms with Crippen LogP contribution in [0.2, 0.25) is 0 Å². The van der Waals surface area contributed by atoms with Gasteiger partial charge in [-0.25, -0.2) is 0 Å². The van der Waals surface area contributed by atoms with Crippen LogP contribution in [0.4, 0.5) is 0 Å². The monoisotopic (exact) mass is 370 g/mol. The highest BCUT2D eigenvalue weighted by atomic mass is 16.1. The molecule has 0 saturated carbocycles. The number of hydrogen-bond acceptors (Lipinski definition) is 5. The second kappa shape index (κ2) is 8.63. The minimum absolute atomic E-state index is 0.0272. The Labute approximate surface area is 161 Å². The third kappa shape index (κ3) is 4.73. The highest BCUT2D eigenvalue weighted by Gasteiger charge is 2.34. The van der Waals surface area contributed by atoms with Gasteiger partial charge < -0.3 is 10.2 Å². The summed E-state index contributed by atoms with van der Waals surface area (Å²) in [6, 6.07) is 6.12. The number of pyridine rings is 1. The Kier molecular flexibility index (Phi) is 6.23. The molecule has 3 rings (SSSR count). The van der Waals surface area contributed by atoms with Crippen LogP contribution in [-0.4, -0.2) is 70.2 Å². The van der Waals surface area contributed by atoms with Crippen molar-refractivity contribution >= 4 is 5.91 Å². The minimum Gasteiger partial charge on any atom is -0.348 e. The van der Waals surface area contributed by atoms with Crippen LogP contribution in [0.1, 0.15) is 28.7 Å². The van der Waals surface area contributed by atoms with Crippen molar-refractivity contribution < 1.29 is 4.79 Å². The predicted molar refractivity (Wildman–Crippen MR) is 105 cm³/mol. The summed E-state index contributed by atoms with van der Waals surface area (Å²) in [6.45, 7) is 8.28. The first-order valence-electron chi connectivity index (χ1n) is 9.58. The molecule has 0 aromatic carbocycles. The van der Waals surface area contributed by atoms with Gasteiger partial charge in [0.15, 0.2) is 0 Å². The molecule has 2 aromatic heterocycles. The maximum absolute atomic E-state index is 12.8. The Balaban J connectivity index is 1.69. The maximum atomic E-state index is 12.8. The lowest BCUT2D eigenvalue weighted by Crippen LogP contribution is -2.43. The number of rotatable bonds is 7. The lowest BCUT2D eigenvalue weighted by atomic mass is 10.0. The Bertz CT molecular complexity index is 757. The van der Waals surface area contributed by atoms with E-state index in [4.69, 9.17) is 0 Å². The number of amides is 1. The number of carbonyl (C=O) groups excluding carboxylic acids is 1. The molecule has 7 heteroatoms. The van der Waals surface area contributed by atoms with Gasteiger partial charge in [0.25, 0.3) is 5.91 Å². The fraction of sp³-hybridized carbons (Fsp3) is 0.550. The van der Waals surface area contributed by atoms with Gasteiger partial charge >= 0.3 is 0 Å². The van der Waals surface area contributed by atoms with Crippen LogP contribution in [-0.2, 0) is 13.1 Å². The minimum atomic E-state index is -0.0272. The number of nitrogens with one attached hydrogen (secondary N) is 1. The molecule has 0 unspecified atom stereocenters. The zero-order chi connectivity index (χ0) is 19.4. The van der Waals surface area contributed by atoms with Gasteiger partial charge in [0, 0.05) is 56.6 Å². The van der Waals surface area contributed by atoms with Crippen molar-refractivity contribution in [1.29, 1.82) is 0 Å². The zero-order valence-corrected chi connectivity index (χ0v) is 16.7. The van der Waals surface area contributed by atoms with Crippen LogP contribution in [0.3, 0.4) is 0 Å². The maximum Gasteiger partial charge on any atom is 0.255 e. The van der Waals surface area contributed by atoms with Gasteiger partial charge in [-0.2, -0.15) is 5.10 Å². The summed E-state index contributed by atoms with van der Waals surface area (Å²) < 4.78 is 1.86. The second-order valence-corrected chi connectivity index (χ2v) is 7.58. The SMILES string of the molecule is CCn1ncc(C(=O)N[C@@H]2CN(Cc3ccccn3)C[C@H]2CN(C)C)c1C. The van der Waals surface area contributed by atoms with Crippen LogP contribution in [0.15, 0.2) is 30.6 Å². The number of aromatic nitrogens is 3. The standard InChI is InChI=1S/C20H30N6O/c1-5-26-15(2)18(10-22-26)20(27)23-19-14-25(12-16(19)11-24(3)4)13-17-8-6-7-9-21-17/h6-10,16,19H,5,11-14H2,1-4H3,(H,23,27)/t16-,19-/m1/s1. The lowest BCUT2D eigenvalue weighted by molar-refractivity contribution is 0.0926. The van der Waals surface area contributed by atoms with Crippen molar-refractivity contribution in [1.82, 2.24) is 29.9 Å². The van der Waals surface area contributed by atoms with Crippen molar-refractivity contribution in [3.63, 3.8) is 0 Å². The Morgan fingerprint density at radius 3 is 2.78 bits per heavy atom. The first-order valence-corrected chi connectivity index (χ1v) is 9.58. The molecule has 146 valence electrons. The average molecular weight is 371 g/mol. The molecule has 0 spiro atoms. The number of likely N-dealkylation sites (tertiary alicyclic amines) is 1. The fourth-order valence-electron chi connectivity index (χ4n) is 3.86. The first-order chi connectivity index (χ1) is 13.0. The number of hydrogen-bond donors (Lipinski definition) is 1. The summed E-state index contributed by atoms with van der Waals surface area (Å²) in [5.41, 5.74) is 2.65. The third-order valence-electron chi connectivity index (χ3n) is 5.19. The summed E-state index contributed by atoms with van der Waals surface area (Å²) in [6.07, 6.45) is 3.51. The Morgan fingerprint density at radius 1 is 1.33 bits per heavy atom. The molecule has 7 nitrogen and oxygen atoms in total. The first kappa shape index (κ1) is 19.5. The normalized spacial score (nSPS) is 20.3. The van der Waals surface area contributed by atoms with E-state index in [2.05, 4.69) is 45.4 Å². The van der Waals surface area contributed by atoms with Crippen molar-refractivity contribution in [3.05, 3.63) is 47.5 Å². The van der Waals surface area contributed by atoms with Crippen molar-refractivity contribution in [2.45, 2.75) is 33.0 Å². The fourth-order valence-corrected chi connectivity index (χ4v) is 3.86. The van der Waals surface area contributed by atoms with Crippen LogP contribution in [0, 0.1) is 12.8 Å². The van der Waals surface area contributed by atoms with Gasteiger partial charge in [-0.3, -0.25) is 19.4 Å². The molecular formula is C20H30N6O. The smallest absolute Gasteiger partial charge is 0.255 e. The molecule has 27 heavy (non-hydrogen) atoms. The molecule has 1 aliphatic rings. The summed E-state index contributed by atoms with van der Waals surface area (Å²) in [5, 5.41) is 7.56. The molecule has 1 N–H and O–H groups in total. The number of aryl methyl sites for hydroxylation is 1. The molecule has 1 aliphatic heterocycles. The van der Waals surface area contributed by atoms with E-state index in [1.165, 1.54) is 0 Å². The van der Waals surface area contributed by atoms with Crippen molar-refractivity contribution in [3.8, 4) is 0 Å². The largest absolute Gasteiger partial charge is 0.348 e. The average Bonchev–Trinajstić information content (AvgIpc) is 3.18. The Morgan fingerprint density at radius 2 is 2.15 bits per heavy atom. The van der Waals surface area contributed by atoms with Gasteiger partial charge in [-0.1, -0.05) is 6.07 Å². The lowest BCUT2D eigenvalue weighted by Gasteiger charge is -2.23. The molecule has 2 atom stereocenters. The molecule has 2 aromatic rings. The van der Waals surface area contributed by atoms with E-state index in [9.17, 15) is 4.79 Å². The van der Waals surface area contributed by atoms with Crippen molar-refractivity contribution in [2.24, 2.45) is 5.92 Å². The second-order valence-electron chi connectivity index (χ2n) is 7.58. The molecule has 3 heterocycles. The third-order valence-corrected chi connectivity index (χ3v) is 5.19. The Hall–Kier alpha value is -2.25. The van der Waals surface area contributed by atoms with Crippen LogP contribution in [0.25, 0.3) is 0 Å². The van der Waals surface area contributed by atoms with E-state index < -0.39 is 0 Å². The van der Waals surface area contributed by atoms with E-state index >= 15 is 0 Å². The van der Waals surface area contributed by atoms with E-state index in [0.29, 0.717) is 11.5 Å². The van der Waals surface area contributed by atoms with E-state index in [1.54, 1.807) is 6.20 Å². The topological polar surface area (TPSA) is 66.3 Å². The highest BCUT2D eigenvalue weighted by molar-refractivity contribution is 5.95. The molecule has 0 bridgehead atoms. The van der Waals surface area contributed by atoms with Gasteiger partial charge in [0.2, 0.25) is 0 Å². The van der Waals surface area contributed by atoms with E-state index in [-0.39, 0.29) is 11.9 Å². The molecule has 0 radical (unpaired) electrons. The number of carbonyl (C=O) groups is 1. The molecular weight excluding hydrogens is 340 g/mol. The van der Waals surface area contributed by atoms with Gasteiger partial charge in [0.1, 0.15) is 0 Å². The molecule has 0 aliphatic carbocycles. The quantitative estimate of drug-likeness (QED) is 0.798. The van der Waals surface area contributed by atoms with Crippen molar-refractivity contribution in [2.75, 3.05) is 33.7 Å². The van der Waals surface area contributed by atoms with Gasteiger partial charge in [-0.05, 0) is 40.1 Å². The van der Waals surface area contributed by atoms with E-state index in [0.717, 1.165) is 44.1 Å². The predicted octanol–water partition coefficient (Wildman–Crippen LogP) is 1.40. The molecule has 1 amide bonds. The van der Waals surface area contributed by atoms with Gasteiger partial charge in [0.05, 0.1) is 17.5 Å². The summed E-state index contributed by atoms with van der Waals surface area (Å²) in [7, 11) is 4.16. The zero-order valence-electron chi connectivity index (χ0n) is 16.7. The molecule has 1 fully saturated rings. The van der Waals surface area contributed by atoms with Gasteiger partial charge in [-0.15, -0.1) is 0 Å². The summed E-state index contributed by atoms with van der Waals surface area (Å²) >= 11 is 0. The van der Waals surface area contributed by atoms with Crippen LogP contribution >= 0.6 is 0 Å². The van der Waals surface area contributed by atoms with Crippen LogP contribution < -0.4 is 5.32 Å². The number of nitrogens with zero attached hydrogens (tertiary/aromatic N) is 5. The molecule has 1 saturated heterocycles. The summed E-state index contributed by atoms with van der Waals surface area (Å²) in [5.74, 6) is 0.356. The summed E-state index contributed by atoms with van der Waals surface area (Å²) in [4.78, 5) is 21.8. The highest BCUT2D eigenvalue weighted by Crippen LogP contribution is 2.20. The van der Waals surface area contributed by atoms with E-state index in [1.807, 2.05) is 36.9 Å². The van der Waals surface area contributed by atoms with Crippen LogP contribution in [0.5, 0.6) is 0 Å².